The van der Waals surface area contributed by atoms with Crippen molar-refractivity contribution in [2.45, 2.75) is 102 Å². The summed E-state index contributed by atoms with van der Waals surface area (Å²) in [5.74, 6) is 1.96. The van der Waals surface area contributed by atoms with Gasteiger partial charge in [-0.2, -0.15) is 10.5 Å². The molecule has 56 heavy (non-hydrogen) atoms. The Morgan fingerprint density at radius 3 is 2.41 bits per heavy atom. The first-order valence-electron chi connectivity index (χ1n) is 19.8. The largest absolute Gasteiger partial charge is 0.493 e. The smallest absolute Gasteiger partial charge is 0.142 e. The van der Waals surface area contributed by atoms with Crippen LogP contribution in [0.3, 0.4) is 0 Å². The molecule has 8 nitrogen and oxygen atoms in total. The van der Waals surface area contributed by atoms with Crippen molar-refractivity contribution in [2.24, 2.45) is 0 Å². The number of nitrogens with one attached hydrogen (secondary N) is 1. The number of rotatable bonds is 14. The highest BCUT2D eigenvalue weighted by molar-refractivity contribution is 6.32. The molecule has 1 saturated carbocycles. The van der Waals surface area contributed by atoms with Crippen molar-refractivity contribution in [1.29, 1.82) is 10.5 Å². The zero-order chi connectivity index (χ0) is 39.2. The minimum atomic E-state index is -1.04. The Bertz CT molecular complexity index is 2090. The Morgan fingerprint density at radius 1 is 0.929 bits per heavy atom. The normalized spacial score (nSPS) is 20.2. The number of nitrogens with zero attached hydrogens (tertiary/aromatic N) is 3. The van der Waals surface area contributed by atoms with E-state index in [9.17, 15) is 20.0 Å². The van der Waals surface area contributed by atoms with Crippen molar-refractivity contribution in [3.8, 4) is 40.5 Å². The summed E-state index contributed by atoms with van der Waals surface area (Å²) in [4.78, 5) is 2.33. The number of nitriles is 2. The first-order valence-corrected chi connectivity index (χ1v) is 20.2. The molecule has 4 aromatic rings. The molecule has 0 amide bonds. The predicted octanol–water partition coefficient (Wildman–Crippen LogP) is 9.30. The van der Waals surface area contributed by atoms with Gasteiger partial charge in [-0.25, -0.2) is 4.39 Å². The number of halogens is 2. The van der Waals surface area contributed by atoms with Crippen molar-refractivity contribution < 1.29 is 23.7 Å². The molecular formula is C46H50ClFN4O4. The maximum atomic E-state index is 14.2. The van der Waals surface area contributed by atoms with E-state index in [1.165, 1.54) is 11.1 Å². The van der Waals surface area contributed by atoms with Gasteiger partial charge in [-0.1, -0.05) is 41.9 Å². The quantitative estimate of drug-likeness (QED) is 0.122. The number of fused-ring (bicyclic) bond motifs is 1. The summed E-state index contributed by atoms with van der Waals surface area (Å²) in [5.41, 5.74) is 7.04. The molecule has 7 rings (SSSR count). The fourth-order valence-electron chi connectivity index (χ4n) is 8.34. The van der Waals surface area contributed by atoms with E-state index in [1.807, 2.05) is 18.2 Å². The molecule has 0 bridgehead atoms. The maximum Gasteiger partial charge on any atom is 0.142 e. The van der Waals surface area contributed by atoms with Crippen LogP contribution >= 0.6 is 11.6 Å². The van der Waals surface area contributed by atoms with E-state index in [0.717, 1.165) is 86.2 Å². The van der Waals surface area contributed by atoms with Crippen molar-refractivity contribution in [3.05, 3.63) is 111 Å². The highest BCUT2D eigenvalue weighted by atomic mass is 35.5. The van der Waals surface area contributed by atoms with Gasteiger partial charge in [0, 0.05) is 43.9 Å². The number of alkyl halides is 1. The van der Waals surface area contributed by atoms with Crippen LogP contribution in [0, 0.1) is 29.6 Å². The number of aliphatic hydroxyl groups excluding tert-OH is 1. The zero-order valence-corrected chi connectivity index (χ0v) is 33.0. The van der Waals surface area contributed by atoms with Gasteiger partial charge in [0.05, 0.1) is 41.0 Å². The fraction of sp³-hybridized carbons (Fsp3) is 0.435. The van der Waals surface area contributed by atoms with Crippen LogP contribution in [0.15, 0.2) is 66.7 Å². The number of hydrogen-bond acceptors (Lipinski definition) is 8. The molecule has 0 spiro atoms. The fourth-order valence-corrected chi connectivity index (χ4v) is 8.57. The standard InChI is InChI=1S/C46H50ClFN4O4/c1-30-35(7-4-12-42(30)54-20-6-17-52-18-15-46(2,48)16-19-52)36-8-3-9-38-37(36)13-14-43(38)56-45-25-44(55-29-33-22-31(26-49)21-32(23-33)27-50)34(24-39(45)47)28-51-40-10-5-11-41(40)53/h3-4,7-9,12,21-25,40-41,43,51,53H,5-6,10-11,13-20,28-29H2,1-2H3/t40-,41-,43-/m0/s1. The lowest BCUT2D eigenvalue weighted by Crippen LogP contribution is -2.40. The summed E-state index contributed by atoms with van der Waals surface area (Å²) >= 11 is 6.94. The molecule has 3 atom stereocenters. The number of hydrogen-bond donors (Lipinski definition) is 2. The van der Waals surface area contributed by atoms with E-state index in [0.29, 0.717) is 59.2 Å². The molecule has 4 aromatic carbocycles. The van der Waals surface area contributed by atoms with Gasteiger partial charge in [0.15, 0.2) is 0 Å². The van der Waals surface area contributed by atoms with Gasteiger partial charge in [0.2, 0.25) is 0 Å². The molecule has 10 heteroatoms. The highest BCUT2D eigenvalue weighted by Gasteiger charge is 2.30. The lowest BCUT2D eigenvalue weighted by atomic mass is 9.93. The van der Waals surface area contributed by atoms with Crippen LogP contribution in [-0.4, -0.2) is 54.1 Å². The number of likely N-dealkylation sites (tertiary alicyclic amines) is 1. The molecule has 0 radical (unpaired) electrons. The van der Waals surface area contributed by atoms with Gasteiger partial charge in [0.25, 0.3) is 0 Å². The Balaban J connectivity index is 1.07. The average Bonchev–Trinajstić information content (AvgIpc) is 3.82. The second kappa shape index (κ2) is 17.7. The second-order valence-corrected chi connectivity index (χ2v) is 16.1. The molecule has 0 aromatic heterocycles. The highest BCUT2D eigenvalue weighted by Crippen LogP contribution is 2.44. The van der Waals surface area contributed by atoms with Gasteiger partial charge >= 0.3 is 0 Å². The third-order valence-electron chi connectivity index (χ3n) is 11.6. The van der Waals surface area contributed by atoms with Crippen LogP contribution < -0.4 is 19.5 Å². The van der Waals surface area contributed by atoms with E-state index in [4.69, 9.17) is 25.8 Å². The van der Waals surface area contributed by atoms with E-state index in [-0.39, 0.29) is 18.8 Å². The van der Waals surface area contributed by atoms with Crippen LogP contribution in [0.5, 0.6) is 17.2 Å². The summed E-state index contributed by atoms with van der Waals surface area (Å²) in [5, 5.41) is 33.4. The van der Waals surface area contributed by atoms with Crippen LogP contribution in [0.4, 0.5) is 4.39 Å². The van der Waals surface area contributed by atoms with Gasteiger partial charge in [-0.15, -0.1) is 0 Å². The number of benzene rings is 4. The van der Waals surface area contributed by atoms with Crippen molar-refractivity contribution in [2.75, 3.05) is 26.2 Å². The molecule has 1 saturated heterocycles. The Labute approximate surface area is 334 Å². The van der Waals surface area contributed by atoms with Gasteiger partial charge < -0.3 is 29.5 Å². The van der Waals surface area contributed by atoms with Crippen LogP contribution in [0.2, 0.25) is 5.02 Å². The SMILES string of the molecule is Cc1c(OCCCN2CCC(C)(F)CC2)cccc1-c1cccc2c1CC[C@@H]2Oc1cc(OCc2cc(C#N)cc(C#N)c2)c(CN[C@H]2CCC[C@@H]2O)cc1Cl. The average molecular weight is 777 g/mol. The predicted molar refractivity (Wildman–Crippen MR) is 216 cm³/mol. The zero-order valence-electron chi connectivity index (χ0n) is 32.3. The molecule has 0 unspecified atom stereocenters. The number of aliphatic hydroxyl groups is 1. The summed E-state index contributed by atoms with van der Waals surface area (Å²) < 4.78 is 33.6. The molecular weight excluding hydrogens is 727 g/mol. The maximum absolute atomic E-state index is 14.2. The molecule has 2 N–H and O–H groups in total. The molecule has 2 fully saturated rings. The summed E-state index contributed by atoms with van der Waals surface area (Å²) in [6.07, 6.45) is 5.73. The van der Waals surface area contributed by atoms with E-state index >= 15 is 0 Å². The Kier molecular flexibility index (Phi) is 12.5. The number of piperidine rings is 1. The summed E-state index contributed by atoms with van der Waals surface area (Å²) in [6.45, 7) is 7.50. The van der Waals surface area contributed by atoms with Gasteiger partial charge in [0.1, 0.15) is 35.6 Å². The minimum absolute atomic E-state index is 0.00988. The Hall–Kier alpha value is -4.64. The third kappa shape index (κ3) is 9.31. The van der Waals surface area contributed by atoms with Gasteiger partial charge in [-0.05, 0) is 129 Å². The first kappa shape index (κ1) is 39.6. The Morgan fingerprint density at radius 2 is 1.68 bits per heavy atom. The summed E-state index contributed by atoms with van der Waals surface area (Å²) in [6, 6.07) is 25.5. The molecule has 3 aliphatic rings. The first-order chi connectivity index (χ1) is 27.1. The minimum Gasteiger partial charge on any atom is -0.493 e. The van der Waals surface area contributed by atoms with Crippen molar-refractivity contribution in [3.63, 3.8) is 0 Å². The topological polar surface area (TPSA) is 111 Å². The molecule has 1 aliphatic heterocycles. The van der Waals surface area contributed by atoms with Gasteiger partial charge in [-0.3, -0.25) is 0 Å². The van der Waals surface area contributed by atoms with E-state index in [2.05, 4.69) is 59.6 Å². The van der Waals surface area contributed by atoms with Crippen LogP contribution in [0.1, 0.15) is 96.9 Å². The lowest BCUT2D eigenvalue weighted by molar-refractivity contribution is 0.0715. The second-order valence-electron chi connectivity index (χ2n) is 15.7. The van der Waals surface area contributed by atoms with Crippen LogP contribution in [0.25, 0.3) is 11.1 Å². The lowest BCUT2D eigenvalue weighted by Gasteiger charge is -2.34. The summed E-state index contributed by atoms with van der Waals surface area (Å²) in [7, 11) is 0. The molecule has 2 aliphatic carbocycles. The van der Waals surface area contributed by atoms with E-state index < -0.39 is 11.8 Å². The monoisotopic (exact) mass is 776 g/mol. The van der Waals surface area contributed by atoms with Crippen molar-refractivity contribution in [1.82, 2.24) is 10.2 Å². The molecule has 1 heterocycles. The third-order valence-corrected chi connectivity index (χ3v) is 11.9. The molecule has 292 valence electrons. The van der Waals surface area contributed by atoms with E-state index in [1.54, 1.807) is 25.1 Å². The van der Waals surface area contributed by atoms with Crippen molar-refractivity contribution >= 4 is 11.6 Å². The van der Waals surface area contributed by atoms with Crippen LogP contribution in [-0.2, 0) is 19.6 Å². The number of ether oxygens (including phenoxy) is 3.